The fraction of sp³-hybridized carbons (Fsp3) is 0.429. The van der Waals surface area contributed by atoms with Gasteiger partial charge >= 0.3 is 5.97 Å². The predicted molar refractivity (Wildman–Crippen MR) is 105 cm³/mol. The molecule has 0 radical (unpaired) electrons. The zero-order valence-corrected chi connectivity index (χ0v) is 16.5. The van der Waals surface area contributed by atoms with Crippen molar-refractivity contribution in [3.63, 3.8) is 0 Å². The van der Waals surface area contributed by atoms with Crippen LogP contribution in [0.5, 0.6) is 5.75 Å². The van der Waals surface area contributed by atoms with E-state index in [-0.39, 0.29) is 0 Å². The lowest BCUT2D eigenvalue weighted by atomic mass is 9.98. The van der Waals surface area contributed by atoms with Crippen LogP contribution in [0.3, 0.4) is 0 Å². The number of amides is 1. The Balaban J connectivity index is 2.35. The molecule has 0 saturated heterocycles. The van der Waals surface area contributed by atoms with Gasteiger partial charge in [-0.15, -0.1) is 0 Å². The van der Waals surface area contributed by atoms with Crippen LogP contribution < -0.4 is 10.1 Å². The maximum absolute atomic E-state index is 12.4. The Morgan fingerprint density at radius 3 is 2.67 bits per heavy atom. The topological polar surface area (TPSA) is 88.8 Å². The Kier molecular flexibility index (Phi) is 6.66. The average Bonchev–Trinajstić information content (AvgIpc) is 2.99. The van der Waals surface area contributed by atoms with E-state index in [4.69, 9.17) is 9.15 Å². The van der Waals surface area contributed by atoms with Crippen molar-refractivity contribution in [1.82, 2.24) is 5.32 Å². The van der Waals surface area contributed by atoms with Crippen LogP contribution in [0.4, 0.5) is 0 Å². The Bertz CT molecular complexity index is 878. The molecule has 1 aromatic carbocycles. The molecule has 2 N–H and O–H groups in total. The molecule has 0 aliphatic rings. The first-order valence-electron chi connectivity index (χ1n) is 9.07. The van der Waals surface area contributed by atoms with Crippen molar-refractivity contribution < 1.29 is 23.8 Å². The van der Waals surface area contributed by atoms with Crippen molar-refractivity contribution in [2.75, 3.05) is 7.11 Å². The first-order chi connectivity index (χ1) is 12.8. The SMILES string of the molecule is CCCCC(NC(=O)/C=C(\C)c1cc2c(C)coc2c(C)c1OC)C(=O)O. The third-order valence-corrected chi connectivity index (χ3v) is 4.68. The maximum Gasteiger partial charge on any atom is 0.326 e. The summed E-state index contributed by atoms with van der Waals surface area (Å²) in [5.74, 6) is -0.814. The van der Waals surface area contributed by atoms with Gasteiger partial charge in [0.15, 0.2) is 0 Å². The smallest absolute Gasteiger partial charge is 0.326 e. The van der Waals surface area contributed by atoms with E-state index in [2.05, 4.69) is 5.32 Å². The quantitative estimate of drug-likeness (QED) is 0.676. The molecule has 1 amide bonds. The van der Waals surface area contributed by atoms with Gasteiger partial charge in [-0.25, -0.2) is 4.79 Å². The lowest BCUT2D eigenvalue weighted by Gasteiger charge is -2.15. The number of carbonyl (C=O) groups excluding carboxylic acids is 1. The molecule has 1 heterocycles. The van der Waals surface area contributed by atoms with Crippen LogP contribution in [0.15, 0.2) is 22.8 Å². The molecule has 6 nitrogen and oxygen atoms in total. The first kappa shape index (κ1) is 20.6. The van der Waals surface area contributed by atoms with Gasteiger partial charge in [-0.1, -0.05) is 19.8 Å². The number of ether oxygens (including phenoxy) is 1. The number of nitrogens with one attached hydrogen (secondary N) is 1. The first-order valence-corrected chi connectivity index (χ1v) is 9.07. The molecule has 0 aliphatic carbocycles. The fourth-order valence-corrected chi connectivity index (χ4v) is 3.15. The number of aliphatic carboxylic acids is 1. The van der Waals surface area contributed by atoms with E-state index in [1.807, 2.05) is 26.8 Å². The Morgan fingerprint density at radius 2 is 2.07 bits per heavy atom. The molecule has 27 heavy (non-hydrogen) atoms. The van der Waals surface area contributed by atoms with E-state index in [0.29, 0.717) is 17.7 Å². The van der Waals surface area contributed by atoms with Gasteiger partial charge in [-0.05, 0) is 44.4 Å². The van der Waals surface area contributed by atoms with E-state index in [1.165, 1.54) is 6.08 Å². The highest BCUT2D eigenvalue weighted by Crippen LogP contribution is 2.37. The number of hydrogen-bond acceptors (Lipinski definition) is 4. The van der Waals surface area contributed by atoms with Gasteiger partial charge in [0.1, 0.15) is 17.4 Å². The highest BCUT2D eigenvalue weighted by atomic mass is 16.5. The van der Waals surface area contributed by atoms with Crippen molar-refractivity contribution in [1.29, 1.82) is 0 Å². The van der Waals surface area contributed by atoms with Crippen LogP contribution >= 0.6 is 0 Å². The average molecular weight is 373 g/mol. The van der Waals surface area contributed by atoms with Gasteiger partial charge in [-0.3, -0.25) is 4.79 Å². The number of hydrogen-bond donors (Lipinski definition) is 2. The number of fused-ring (bicyclic) bond motifs is 1. The number of carboxylic acids is 1. The highest BCUT2D eigenvalue weighted by Gasteiger charge is 2.20. The standard InChI is InChI=1S/C21H27NO5/c1-6-7-8-17(21(24)25)22-18(23)9-12(2)15-10-16-13(3)11-27-20(16)14(4)19(15)26-5/h9-11,17H,6-8H2,1-5H3,(H,22,23)(H,24,25)/b12-9+. The highest BCUT2D eigenvalue weighted by molar-refractivity contribution is 5.99. The molecule has 1 aromatic heterocycles. The van der Waals surface area contributed by atoms with Crippen molar-refractivity contribution in [3.05, 3.63) is 35.1 Å². The van der Waals surface area contributed by atoms with Crippen molar-refractivity contribution >= 4 is 28.4 Å². The van der Waals surface area contributed by atoms with Crippen LogP contribution in [0, 0.1) is 13.8 Å². The number of rotatable bonds is 8. The molecule has 0 bridgehead atoms. The van der Waals surface area contributed by atoms with Crippen LogP contribution in [-0.2, 0) is 9.59 Å². The normalized spacial score (nSPS) is 12.9. The summed E-state index contributed by atoms with van der Waals surface area (Å²) in [6, 6.07) is 1.05. The molecule has 2 aromatic rings. The number of allylic oxidation sites excluding steroid dienone is 1. The second-order valence-corrected chi connectivity index (χ2v) is 6.75. The molecule has 1 atom stereocenters. The number of furan rings is 1. The summed E-state index contributed by atoms with van der Waals surface area (Å²) in [6.07, 6.45) is 5.13. The number of unbranched alkanes of at least 4 members (excludes halogenated alkanes) is 1. The summed E-state index contributed by atoms with van der Waals surface area (Å²) in [6.45, 7) is 7.65. The van der Waals surface area contributed by atoms with Gasteiger partial charge in [0.2, 0.25) is 5.91 Å². The van der Waals surface area contributed by atoms with Gasteiger partial charge in [0.25, 0.3) is 0 Å². The molecule has 0 saturated carbocycles. The van der Waals surface area contributed by atoms with Crippen LogP contribution in [0.2, 0.25) is 0 Å². The van der Waals surface area contributed by atoms with Gasteiger partial charge in [0.05, 0.1) is 13.4 Å². The summed E-state index contributed by atoms with van der Waals surface area (Å²) in [7, 11) is 1.58. The predicted octanol–water partition coefficient (Wildman–Crippen LogP) is 4.22. The summed E-state index contributed by atoms with van der Waals surface area (Å²) in [5.41, 5.74) is 4.09. The van der Waals surface area contributed by atoms with E-state index < -0.39 is 17.9 Å². The fourth-order valence-electron chi connectivity index (χ4n) is 3.15. The Hall–Kier alpha value is -2.76. The minimum Gasteiger partial charge on any atom is -0.496 e. The van der Waals surface area contributed by atoms with Crippen molar-refractivity contribution in [3.8, 4) is 5.75 Å². The summed E-state index contributed by atoms with van der Waals surface area (Å²) >= 11 is 0. The molecule has 0 fully saturated rings. The van der Waals surface area contributed by atoms with Gasteiger partial charge in [0, 0.05) is 22.6 Å². The molecule has 6 heteroatoms. The number of carboxylic acid groups (broad SMARTS) is 1. The molecule has 2 rings (SSSR count). The lowest BCUT2D eigenvalue weighted by molar-refractivity contribution is -0.141. The molecule has 1 unspecified atom stereocenters. The van der Waals surface area contributed by atoms with Crippen LogP contribution in [0.1, 0.15) is 49.8 Å². The third-order valence-electron chi connectivity index (χ3n) is 4.68. The Labute approximate surface area is 159 Å². The summed E-state index contributed by atoms with van der Waals surface area (Å²) in [5, 5.41) is 12.8. The monoisotopic (exact) mass is 373 g/mol. The minimum atomic E-state index is -1.02. The summed E-state index contributed by atoms with van der Waals surface area (Å²) < 4.78 is 11.2. The maximum atomic E-state index is 12.4. The summed E-state index contributed by atoms with van der Waals surface area (Å²) in [4.78, 5) is 23.7. The van der Waals surface area contributed by atoms with Crippen LogP contribution in [0.25, 0.3) is 16.5 Å². The lowest BCUT2D eigenvalue weighted by Crippen LogP contribution is -2.40. The Morgan fingerprint density at radius 1 is 1.37 bits per heavy atom. The number of methoxy groups -OCH3 is 1. The second-order valence-electron chi connectivity index (χ2n) is 6.75. The molecular weight excluding hydrogens is 346 g/mol. The van der Waals surface area contributed by atoms with Crippen LogP contribution in [-0.4, -0.2) is 30.1 Å². The largest absolute Gasteiger partial charge is 0.496 e. The van der Waals surface area contributed by atoms with E-state index in [9.17, 15) is 14.7 Å². The number of carbonyl (C=O) groups is 2. The number of benzene rings is 1. The van der Waals surface area contributed by atoms with Crippen molar-refractivity contribution in [2.24, 2.45) is 0 Å². The van der Waals surface area contributed by atoms with Gasteiger partial charge < -0.3 is 19.6 Å². The molecule has 146 valence electrons. The van der Waals surface area contributed by atoms with Crippen molar-refractivity contribution in [2.45, 2.75) is 53.0 Å². The number of aryl methyl sites for hydroxylation is 2. The van der Waals surface area contributed by atoms with Gasteiger partial charge in [-0.2, -0.15) is 0 Å². The van der Waals surface area contributed by atoms with E-state index in [0.717, 1.165) is 40.5 Å². The third kappa shape index (κ3) is 4.51. The molecular formula is C21H27NO5. The molecule has 0 spiro atoms. The zero-order valence-electron chi connectivity index (χ0n) is 16.5. The van der Waals surface area contributed by atoms with E-state index >= 15 is 0 Å². The van der Waals surface area contributed by atoms with E-state index in [1.54, 1.807) is 20.3 Å². The molecule has 0 aliphatic heterocycles. The minimum absolute atomic E-state index is 0.410. The zero-order chi connectivity index (χ0) is 20.1. The second kappa shape index (κ2) is 8.75.